The van der Waals surface area contributed by atoms with E-state index < -0.39 is 0 Å². The summed E-state index contributed by atoms with van der Waals surface area (Å²) in [5, 5.41) is 5.25. The smallest absolute Gasteiger partial charge is 0.220 e. The van der Waals surface area contributed by atoms with Crippen LogP contribution in [0.15, 0.2) is 23.7 Å². The van der Waals surface area contributed by atoms with E-state index in [1.54, 1.807) is 11.3 Å². The minimum Gasteiger partial charge on any atom is -0.352 e. The number of nitrogens with one attached hydrogen (secondary N) is 1. The summed E-state index contributed by atoms with van der Waals surface area (Å²) in [6, 6.07) is 4.44. The van der Waals surface area contributed by atoms with E-state index in [1.807, 2.05) is 6.92 Å². The average molecular weight is 303 g/mol. The molecular weight excluding hydrogens is 282 g/mol. The monoisotopic (exact) mass is 303 g/mol. The zero-order valence-electron chi connectivity index (χ0n) is 12.3. The molecule has 2 aromatic heterocycles. The first-order valence-corrected chi connectivity index (χ1v) is 8.43. The molecule has 0 spiro atoms. The lowest BCUT2D eigenvalue weighted by Gasteiger charge is -2.24. The predicted octanol–water partition coefficient (Wildman–Crippen LogP) is 2.71. The molecule has 0 saturated heterocycles. The minimum absolute atomic E-state index is 0.178. The van der Waals surface area contributed by atoms with Crippen LogP contribution in [0.2, 0.25) is 0 Å². The summed E-state index contributed by atoms with van der Waals surface area (Å²) in [5.41, 5.74) is 1.06. The summed E-state index contributed by atoms with van der Waals surface area (Å²) < 4.78 is 2.18. The van der Waals surface area contributed by atoms with Crippen molar-refractivity contribution in [2.24, 2.45) is 0 Å². The second-order valence-electron chi connectivity index (χ2n) is 5.69. The Labute approximate surface area is 129 Å². The maximum Gasteiger partial charge on any atom is 0.220 e. The van der Waals surface area contributed by atoms with Crippen LogP contribution in [-0.4, -0.2) is 21.5 Å². The largest absolute Gasteiger partial charge is 0.352 e. The standard InChI is InChI=1S/C16H21N3OS/c1-12-10-19-11-13(7-8-15(19)17-12)18-16(20)6-2-4-14-5-3-9-21-14/h3,5,9-10,13H,2,4,6-8,11H2,1H3,(H,18,20)/t13-/m1/s1. The number of thiophene rings is 1. The van der Waals surface area contributed by atoms with Crippen LogP contribution in [0.1, 0.15) is 35.7 Å². The van der Waals surface area contributed by atoms with Crippen LogP contribution in [0.25, 0.3) is 0 Å². The van der Waals surface area contributed by atoms with Crippen LogP contribution in [0.4, 0.5) is 0 Å². The number of fused-ring (bicyclic) bond motifs is 1. The number of aromatic nitrogens is 2. The molecule has 2 aromatic rings. The van der Waals surface area contributed by atoms with E-state index in [0.29, 0.717) is 6.42 Å². The molecule has 1 aliphatic rings. The molecule has 0 bridgehead atoms. The molecule has 0 fully saturated rings. The van der Waals surface area contributed by atoms with Crippen molar-refractivity contribution in [1.82, 2.24) is 14.9 Å². The second kappa shape index (κ2) is 6.43. The first-order chi connectivity index (χ1) is 10.2. The van der Waals surface area contributed by atoms with E-state index in [0.717, 1.165) is 43.7 Å². The quantitative estimate of drug-likeness (QED) is 0.923. The molecule has 3 heterocycles. The number of rotatable bonds is 5. The van der Waals surface area contributed by atoms with Crippen molar-refractivity contribution in [1.29, 1.82) is 0 Å². The van der Waals surface area contributed by atoms with Gasteiger partial charge in [-0.2, -0.15) is 0 Å². The van der Waals surface area contributed by atoms with Crippen molar-refractivity contribution in [2.75, 3.05) is 0 Å². The SMILES string of the molecule is Cc1cn2c(n1)CC[C@@H](NC(=O)CCCc1cccs1)C2. The Bertz CT molecular complexity index is 603. The summed E-state index contributed by atoms with van der Waals surface area (Å²) in [6.07, 6.45) is 6.56. The second-order valence-corrected chi connectivity index (χ2v) is 6.72. The molecule has 1 N–H and O–H groups in total. The summed E-state index contributed by atoms with van der Waals surface area (Å²) in [4.78, 5) is 17.9. The van der Waals surface area contributed by atoms with Gasteiger partial charge in [0.25, 0.3) is 0 Å². The number of amides is 1. The molecule has 4 nitrogen and oxygen atoms in total. The van der Waals surface area contributed by atoms with Crippen LogP contribution >= 0.6 is 11.3 Å². The highest BCUT2D eigenvalue weighted by molar-refractivity contribution is 7.09. The Morgan fingerprint density at radius 2 is 2.48 bits per heavy atom. The molecule has 112 valence electrons. The maximum absolute atomic E-state index is 12.0. The third kappa shape index (κ3) is 3.73. The Hall–Kier alpha value is -1.62. The Morgan fingerprint density at radius 3 is 3.29 bits per heavy atom. The number of hydrogen-bond acceptors (Lipinski definition) is 3. The molecule has 5 heteroatoms. The number of hydrogen-bond donors (Lipinski definition) is 1. The van der Waals surface area contributed by atoms with Crippen LogP contribution in [0.5, 0.6) is 0 Å². The summed E-state index contributed by atoms with van der Waals surface area (Å²) >= 11 is 1.76. The molecule has 0 aliphatic carbocycles. The van der Waals surface area contributed by atoms with Gasteiger partial charge in [-0.15, -0.1) is 11.3 Å². The van der Waals surface area contributed by atoms with Gasteiger partial charge in [0.1, 0.15) is 5.82 Å². The fourth-order valence-electron chi connectivity index (χ4n) is 2.88. The van der Waals surface area contributed by atoms with E-state index in [-0.39, 0.29) is 11.9 Å². The highest BCUT2D eigenvalue weighted by atomic mass is 32.1. The van der Waals surface area contributed by atoms with E-state index in [4.69, 9.17) is 0 Å². The third-order valence-electron chi connectivity index (χ3n) is 3.89. The summed E-state index contributed by atoms with van der Waals surface area (Å²) in [6.45, 7) is 2.87. The van der Waals surface area contributed by atoms with Gasteiger partial charge < -0.3 is 9.88 Å². The third-order valence-corrected chi connectivity index (χ3v) is 4.82. The van der Waals surface area contributed by atoms with Gasteiger partial charge in [0.2, 0.25) is 5.91 Å². The lowest BCUT2D eigenvalue weighted by atomic mass is 10.1. The fraction of sp³-hybridized carbons (Fsp3) is 0.500. The highest BCUT2D eigenvalue weighted by Crippen LogP contribution is 2.16. The first-order valence-electron chi connectivity index (χ1n) is 7.55. The zero-order valence-corrected chi connectivity index (χ0v) is 13.2. The minimum atomic E-state index is 0.178. The number of aryl methyl sites for hydroxylation is 3. The van der Waals surface area contributed by atoms with Gasteiger partial charge in [-0.3, -0.25) is 4.79 Å². The van der Waals surface area contributed by atoms with Crippen molar-refractivity contribution in [2.45, 2.75) is 51.6 Å². The highest BCUT2D eigenvalue weighted by Gasteiger charge is 2.20. The lowest BCUT2D eigenvalue weighted by Crippen LogP contribution is -2.40. The number of carbonyl (C=O) groups excluding carboxylic acids is 1. The molecule has 0 unspecified atom stereocenters. The molecule has 1 aliphatic heterocycles. The predicted molar refractivity (Wildman–Crippen MR) is 84.5 cm³/mol. The first kappa shape index (κ1) is 14.3. The van der Waals surface area contributed by atoms with Gasteiger partial charge in [0, 0.05) is 36.5 Å². The van der Waals surface area contributed by atoms with Crippen molar-refractivity contribution in [3.8, 4) is 0 Å². The number of imidazole rings is 1. The normalized spacial score (nSPS) is 17.5. The Morgan fingerprint density at radius 1 is 1.57 bits per heavy atom. The van der Waals surface area contributed by atoms with E-state index in [1.165, 1.54) is 4.88 Å². The lowest BCUT2D eigenvalue weighted by molar-refractivity contribution is -0.122. The Kier molecular flexibility index (Phi) is 4.39. The fourth-order valence-corrected chi connectivity index (χ4v) is 3.63. The van der Waals surface area contributed by atoms with Crippen molar-refractivity contribution >= 4 is 17.2 Å². The van der Waals surface area contributed by atoms with Crippen molar-refractivity contribution in [3.05, 3.63) is 40.1 Å². The van der Waals surface area contributed by atoms with Gasteiger partial charge >= 0.3 is 0 Å². The van der Waals surface area contributed by atoms with Gasteiger partial charge in [0.15, 0.2) is 0 Å². The van der Waals surface area contributed by atoms with Crippen LogP contribution in [0, 0.1) is 6.92 Å². The molecule has 1 atom stereocenters. The van der Waals surface area contributed by atoms with Crippen LogP contribution in [-0.2, 0) is 24.2 Å². The van der Waals surface area contributed by atoms with E-state index in [2.05, 4.69) is 38.6 Å². The summed E-state index contributed by atoms with van der Waals surface area (Å²) in [5.74, 6) is 1.33. The average Bonchev–Trinajstić information content (AvgIpc) is 3.06. The molecule has 21 heavy (non-hydrogen) atoms. The topological polar surface area (TPSA) is 46.9 Å². The number of carbonyl (C=O) groups is 1. The van der Waals surface area contributed by atoms with E-state index >= 15 is 0 Å². The molecule has 1 amide bonds. The molecule has 0 saturated carbocycles. The molecular formula is C16H21N3OS. The maximum atomic E-state index is 12.0. The summed E-state index contributed by atoms with van der Waals surface area (Å²) in [7, 11) is 0. The molecule has 0 radical (unpaired) electrons. The number of nitrogens with zero attached hydrogens (tertiary/aromatic N) is 2. The zero-order chi connectivity index (χ0) is 14.7. The van der Waals surface area contributed by atoms with Crippen LogP contribution < -0.4 is 5.32 Å². The van der Waals surface area contributed by atoms with Crippen molar-refractivity contribution in [3.63, 3.8) is 0 Å². The van der Waals surface area contributed by atoms with Gasteiger partial charge in [0.05, 0.1) is 5.69 Å². The van der Waals surface area contributed by atoms with E-state index in [9.17, 15) is 4.79 Å². The van der Waals surface area contributed by atoms with Crippen LogP contribution in [0.3, 0.4) is 0 Å². The molecule has 0 aromatic carbocycles. The van der Waals surface area contributed by atoms with Gasteiger partial charge in [-0.1, -0.05) is 6.07 Å². The molecule has 3 rings (SSSR count). The Balaban J connectivity index is 1.43. The van der Waals surface area contributed by atoms with Gasteiger partial charge in [-0.05, 0) is 37.6 Å². The van der Waals surface area contributed by atoms with Gasteiger partial charge in [-0.25, -0.2) is 4.98 Å². The van der Waals surface area contributed by atoms with Crippen molar-refractivity contribution < 1.29 is 4.79 Å².